The molecule has 20 heavy (non-hydrogen) atoms. The summed E-state index contributed by atoms with van der Waals surface area (Å²) in [6.07, 6.45) is 0. The van der Waals surface area contributed by atoms with Gasteiger partial charge in [0.1, 0.15) is 0 Å². The zero-order valence-electron chi connectivity index (χ0n) is 11.4. The predicted octanol–water partition coefficient (Wildman–Crippen LogP) is 6.00. The van der Waals surface area contributed by atoms with Crippen molar-refractivity contribution in [3.05, 3.63) is 67.0 Å². The van der Waals surface area contributed by atoms with E-state index >= 15 is 0 Å². The topological polar surface area (TPSA) is 12.0 Å². The first-order valence-electron chi connectivity index (χ1n) is 6.33. The number of halogens is 3. The van der Waals surface area contributed by atoms with Crippen LogP contribution in [-0.2, 0) is 12.1 Å². The normalized spacial score (nSPS) is 11.7. The van der Waals surface area contributed by atoms with Crippen molar-refractivity contribution in [1.29, 1.82) is 0 Å². The van der Waals surface area contributed by atoms with Gasteiger partial charge in [-0.25, -0.2) is 0 Å². The molecule has 0 unspecified atom stereocenters. The fourth-order valence-corrected chi connectivity index (χ4v) is 2.88. The van der Waals surface area contributed by atoms with Crippen LogP contribution in [0, 0.1) is 0 Å². The lowest BCUT2D eigenvalue weighted by atomic mass is 9.94. The molecule has 0 radical (unpaired) electrons. The Labute approximate surface area is 145 Å². The summed E-state index contributed by atoms with van der Waals surface area (Å²) in [7, 11) is 0. The molecule has 4 heteroatoms. The molecule has 2 rings (SSSR count). The number of rotatable bonds is 4. The van der Waals surface area contributed by atoms with Crippen molar-refractivity contribution in [2.75, 3.05) is 0 Å². The third-order valence-electron chi connectivity index (χ3n) is 3.28. The van der Waals surface area contributed by atoms with Crippen molar-refractivity contribution in [2.45, 2.75) is 25.9 Å². The molecule has 0 aliphatic rings. The Balaban J connectivity index is 2.08. The average Bonchev–Trinajstić information content (AvgIpc) is 2.41. The molecule has 1 nitrogen and oxygen atoms in total. The van der Waals surface area contributed by atoms with Crippen LogP contribution in [0.4, 0.5) is 0 Å². The van der Waals surface area contributed by atoms with E-state index in [4.69, 9.17) is 0 Å². The predicted molar refractivity (Wildman–Crippen MR) is 95.8 cm³/mol. The second kappa shape index (κ2) is 6.73. The second-order valence-corrected chi connectivity index (χ2v) is 7.86. The van der Waals surface area contributed by atoms with Gasteiger partial charge in [0.15, 0.2) is 0 Å². The van der Waals surface area contributed by atoms with E-state index in [1.54, 1.807) is 0 Å². The summed E-state index contributed by atoms with van der Waals surface area (Å²) in [6, 6.07) is 14.8. The SMILES string of the molecule is CC(C)(NCc1ccc(Br)c(Br)c1)c1ccc(Br)cc1. The van der Waals surface area contributed by atoms with Gasteiger partial charge in [-0.15, -0.1) is 0 Å². The third-order valence-corrected chi connectivity index (χ3v) is 5.69. The number of hydrogen-bond acceptors (Lipinski definition) is 1. The molecule has 0 amide bonds. The first-order valence-corrected chi connectivity index (χ1v) is 8.71. The Bertz CT molecular complexity index is 591. The highest BCUT2D eigenvalue weighted by Crippen LogP contribution is 2.25. The highest BCUT2D eigenvalue weighted by atomic mass is 79.9. The molecule has 106 valence electrons. The fourth-order valence-electron chi connectivity index (χ4n) is 1.94. The smallest absolute Gasteiger partial charge is 0.0380 e. The highest BCUT2D eigenvalue weighted by molar-refractivity contribution is 9.13. The van der Waals surface area contributed by atoms with Crippen molar-refractivity contribution in [3.8, 4) is 0 Å². The van der Waals surface area contributed by atoms with Gasteiger partial charge in [0.25, 0.3) is 0 Å². The van der Waals surface area contributed by atoms with Crippen LogP contribution >= 0.6 is 47.8 Å². The maximum absolute atomic E-state index is 3.61. The Morgan fingerprint density at radius 3 is 2.15 bits per heavy atom. The summed E-state index contributed by atoms with van der Waals surface area (Å²) >= 11 is 10.5. The van der Waals surface area contributed by atoms with Gasteiger partial charge in [0.2, 0.25) is 0 Å². The zero-order valence-corrected chi connectivity index (χ0v) is 16.1. The quantitative estimate of drug-likeness (QED) is 0.588. The first-order chi connectivity index (χ1) is 9.38. The van der Waals surface area contributed by atoms with Crippen LogP contribution in [0.2, 0.25) is 0 Å². The van der Waals surface area contributed by atoms with Crippen LogP contribution in [0.25, 0.3) is 0 Å². The van der Waals surface area contributed by atoms with E-state index in [9.17, 15) is 0 Å². The van der Waals surface area contributed by atoms with Crippen LogP contribution in [0.15, 0.2) is 55.9 Å². The molecule has 0 atom stereocenters. The molecule has 0 saturated heterocycles. The van der Waals surface area contributed by atoms with Crippen molar-refractivity contribution in [2.24, 2.45) is 0 Å². The Morgan fingerprint density at radius 2 is 1.55 bits per heavy atom. The summed E-state index contributed by atoms with van der Waals surface area (Å²) in [5.74, 6) is 0. The van der Waals surface area contributed by atoms with E-state index < -0.39 is 0 Å². The van der Waals surface area contributed by atoms with E-state index in [1.807, 2.05) is 0 Å². The second-order valence-electron chi connectivity index (χ2n) is 5.23. The average molecular weight is 462 g/mol. The molecule has 0 bridgehead atoms. The van der Waals surface area contributed by atoms with Gasteiger partial charge in [-0.05, 0) is 81.1 Å². The molecule has 2 aromatic carbocycles. The summed E-state index contributed by atoms with van der Waals surface area (Å²) in [6.45, 7) is 5.23. The summed E-state index contributed by atoms with van der Waals surface area (Å²) < 4.78 is 3.26. The molecule has 0 fully saturated rings. The van der Waals surface area contributed by atoms with Crippen LogP contribution in [-0.4, -0.2) is 0 Å². The van der Waals surface area contributed by atoms with Crippen LogP contribution in [0.3, 0.4) is 0 Å². The molecule has 1 N–H and O–H groups in total. The highest BCUT2D eigenvalue weighted by Gasteiger charge is 2.19. The van der Waals surface area contributed by atoms with E-state index in [0.29, 0.717) is 0 Å². The van der Waals surface area contributed by atoms with Crippen molar-refractivity contribution >= 4 is 47.8 Å². The minimum Gasteiger partial charge on any atom is -0.304 e. The largest absolute Gasteiger partial charge is 0.304 e. The maximum Gasteiger partial charge on any atom is 0.0380 e. The Hall–Kier alpha value is -0.160. The molecule has 0 aromatic heterocycles. The van der Waals surface area contributed by atoms with Crippen LogP contribution < -0.4 is 5.32 Å². The Morgan fingerprint density at radius 1 is 0.900 bits per heavy atom. The fraction of sp³-hybridized carbons (Fsp3) is 0.250. The monoisotopic (exact) mass is 459 g/mol. The van der Waals surface area contributed by atoms with E-state index in [1.165, 1.54) is 11.1 Å². The van der Waals surface area contributed by atoms with Crippen molar-refractivity contribution < 1.29 is 0 Å². The molecular weight excluding hydrogens is 446 g/mol. The molecule has 0 saturated carbocycles. The standard InChI is InChI=1S/C16H16Br3N/c1-16(2,12-4-6-13(17)7-5-12)20-10-11-3-8-14(18)15(19)9-11/h3-9,20H,10H2,1-2H3. The van der Waals surface area contributed by atoms with E-state index in [0.717, 1.165) is 20.0 Å². The summed E-state index contributed by atoms with van der Waals surface area (Å²) in [5, 5.41) is 3.61. The number of nitrogens with one attached hydrogen (secondary N) is 1. The minimum absolute atomic E-state index is 0.0692. The van der Waals surface area contributed by atoms with Gasteiger partial charge in [0.05, 0.1) is 0 Å². The molecule has 0 spiro atoms. The zero-order chi connectivity index (χ0) is 14.8. The van der Waals surface area contributed by atoms with Crippen molar-refractivity contribution in [1.82, 2.24) is 5.32 Å². The van der Waals surface area contributed by atoms with Crippen LogP contribution in [0.1, 0.15) is 25.0 Å². The lowest BCUT2D eigenvalue weighted by molar-refractivity contribution is 0.401. The van der Waals surface area contributed by atoms with E-state index in [2.05, 4.69) is 109 Å². The van der Waals surface area contributed by atoms with Gasteiger partial charge < -0.3 is 5.32 Å². The van der Waals surface area contributed by atoms with Gasteiger partial charge in [-0.1, -0.05) is 34.1 Å². The molecular formula is C16H16Br3N. The summed E-state index contributed by atoms with van der Waals surface area (Å²) in [5.41, 5.74) is 2.46. The van der Waals surface area contributed by atoms with Gasteiger partial charge in [-0.3, -0.25) is 0 Å². The lowest BCUT2D eigenvalue weighted by Gasteiger charge is -2.27. The molecule has 0 aliphatic heterocycles. The summed E-state index contributed by atoms with van der Waals surface area (Å²) in [4.78, 5) is 0. The first kappa shape index (κ1) is 16.2. The lowest BCUT2D eigenvalue weighted by Crippen LogP contribution is -2.35. The Kier molecular flexibility index (Phi) is 5.46. The molecule has 2 aromatic rings. The third kappa shape index (κ3) is 4.17. The van der Waals surface area contributed by atoms with Gasteiger partial charge >= 0.3 is 0 Å². The van der Waals surface area contributed by atoms with Crippen molar-refractivity contribution in [3.63, 3.8) is 0 Å². The maximum atomic E-state index is 3.61. The number of benzene rings is 2. The van der Waals surface area contributed by atoms with E-state index in [-0.39, 0.29) is 5.54 Å². The van der Waals surface area contributed by atoms with Gasteiger partial charge in [-0.2, -0.15) is 0 Å². The number of hydrogen-bond donors (Lipinski definition) is 1. The van der Waals surface area contributed by atoms with Gasteiger partial charge in [0, 0.05) is 25.5 Å². The molecule has 0 aliphatic carbocycles. The minimum atomic E-state index is -0.0692. The molecule has 0 heterocycles. The van der Waals surface area contributed by atoms with Crippen LogP contribution in [0.5, 0.6) is 0 Å².